The molecule has 0 aliphatic rings. The molecular weight excluding hydrogens is 244 g/mol. The third-order valence-corrected chi connectivity index (χ3v) is 3.22. The van der Waals surface area contributed by atoms with Crippen molar-refractivity contribution in [2.75, 3.05) is 0 Å². The van der Waals surface area contributed by atoms with Crippen LogP contribution in [0.3, 0.4) is 0 Å². The lowest BCUT2D eigenvalue weighted by Gasteiger charge is -2.11. The molecular formula is C19H16O. The van der Waals surface area contributed by atoms with Gasteiger partial charge in [0.1, 0.15) is 11.5 Å². The Balaban J connectivity index is 1.96. The summed E-state index contributed by atoms with van der Waals surface area (Å²) >= 11 is 0. The monoisotopic (exact) mass is 260 g/mol. The highest BCUT2D eigenvalue weighted by atomic mass is 16.5. The number of benzene rings is 3. The first-order valence-corrected chi connectivity index (χ1v) is 6.72. The number of hydrogen-bond donors (Lipinski definition) is 0. The van der Waals surface area contributed by atoms with Crippen LogP contribution in [0.1, 0.15) is 5.56 Å². The molecule has 98 valence electrons. The number of ether oxygens (including phenoxy) is 1. The van der Waals surface area contributed by atoms with E-state index in [2.05, 4.69) is 37.3 Å². The standard InChI is InChI=1S/C19H16O/c1-15-11-13-17(14-12-15)20-19-10-6-5-9-18(19)16-7-3-2-4-8-16/h2-14H,1H3. The van der Waals surface area contributed by atoms with Gasteiger partial charge in [-0.05, 0) is 30.7 Å². The lowest BCUT2D eigenvalue weighted by molar-refractivity contribution is 0.484. The van der Waals surface area contributed by atoms with Crippen molar-refractivity contribution in [2.45, 2.75) is 6.92 Å². The highest BCUT2D eigenvalue weighted by Crippen LogP contribution is 2.32. The molecule has 0 heterocycles. The van der Waals surface area contributed by atoms with Crippen molar-refractivity contribution < 1.29 is 4.74 Å². The number of aryl methyl sites for hydroxylation is 1. The quantitative estimate of drug-likeness (QED) is 0.608. The molecule has 0 atom stereocenters. The molecule has 0 aliphatic heterocycles. The van der Waals surface area contributed by atoms with Crippen LogP contribution in [0, 0.1) is 6.92 Å². The van der Waals surface area contributed by atoms with Crippen LogP contribution in [0.5, 0.6) is 11.5 Å². The summed E-state index contributed by atoms with van der Waals surface area (Å²) < 4.78 is 6.02. The Morgan fingerprint density at radius 1 is 0.650 bits per heavy atom. The smallest absolute Gasteiger partial charge is 0.135 e. The fourth-order valence-corrected chi connectivity index (χ4v) is 2.15. The highest BCUT2D eigenvalue weighted by Gasteiger charge is 2.06. The minimum absolute atomic E-state index is 0.860. The summed E-state index contributed by atoms with van der Waals surface area (Å²) in [6.07, 6.45) is 0. The van der Waals surface area contributed by atoms with E-state index in [0.717, 1.165) is 22.6 Å². The lowest BCUT2D eigenvalue weighted by atomic mass is 10.0. The van der Waals surface area contributed by atoms with Crippen LogP contribution in [0.4, 0.5) is 0 Å². The van der Waals surface area contributed by atoms with Gasteiger partial charge in [0.2, 0.25) is 0 Å². The fourth-order valence-electron chi connectivity index (χ4n) is 2.15. The minimum Gasteiger partial charge on any atom is -0.457 e. The third-order valence-electron chi connectivity index (χ3n) is 3.22. The number of para-hydroxylation sites is 1. The molecule has 0 unspecified atom stereocenters. The van der Waals surface area contributed by atoms with Crippen molar-refractivity contribution in [3.8, 4) is 22.6 Å². The molecule has 0 radical (unpaired) electrons. The summed E-state index contributed by atoms with van der Waals surface area (Å²) in [5.74, 6) is 1.74. The lowest BCUT2D eigenvalue weighted by Crippen LogP contribution is -1.88. The zero-order valence-corrected chi connectivity index (χ0v) is 11.4. The zero-order valence-electron chi connectivity index (χ0n) is 11.4. The first-order valence-electron chi connectivity index (χ1n) is 6.72. The van der Waals surface area contributed by atoms with Gasteiger partial charge < -0.3 is 4.74 Å². The first kappa shape index (κ1) is 12.5. The Bertz CT molecular complexity index is 684. The van der Waals surface area contributed by atoms with Gasteiger partial charge in [-0.15, -0.1) is 0 Å². The van der Waals surface area contributed by atoms with Crippen molar-refractivity contribution in [3.63, 3.8) is 0 Å². The fraction of sp³-hybridized carbons (Fsp3) is 0.0526. The molecule has 0 saturated carbocycles. The van der Waals surface area contributed by atoms with Crippen molar-refractivity contribution >= 4 is 0 Å². The van der Waals surface area contributed by atoms with E-state index in [1.54, 1.807) is 0 Å². The molecule has 0 N–H and O–H groups in total. The van der Waals surface area contributed by atoms with E-state index in [1.165, 1.54) is 5.56 Å². The van der Waals surface area contributed by atoms with Gasteiger partial charge in [0.05, 0.1) is 0 Å². The second-order valence-electron chi connectivity index (χ2n) is 4.78. The van der Waals surface area contributed by atoms with E-state index in [9.17, 15) is 0 Å². The maximum Gasteiger partial charge on any atom is 0.135 e. The molecule has 1 heteroatoms. The highest BCUT2D eigenvalue weighted by molar-refractivity contribution is 5.70. The largest absolute Gasteiger partial charge is 0.457 e. The number of hydrogen-bond acceptors (Lipinski definition) is 1. The van der Waals surface area contributed by atoms with Gasteiger partial charge in [-0.1, -0.05) is 66.2 Å². The van der Waals surface area contributed by atoms with Crippen LogP contribution in [0.2, 0.25) is 0 Å². The van der Waals surface area contributed by atoms with Gasteiger partial charge in [-0.25, -0.2) is 0 Å². The molecule has 0 spiro atoms. The average molecular weight is 260 g/mol. The molecule has 0 saturated heterocycles. The maximum atomic E-state index is 6.02. The van der Waals surface area contributed by atoms with Crippen LogP contribution in [0.25, 0.3) is 11.1 Å². The van der Waals surface area contributed by atoms with Crippen molar-refractivity contribution in [2.24, 2.45) is 0 Å². The van der Waals surface area contributed by atoms with Crippen LogP contribution in [-0.4, -0.2) is 0 Å². The molecule has 3 aromatic carbocycles. The van der Waals surface area contributed by atoms with Gasteiger partial charge in [0.25, 0.3) is 0 Å². The Morgan fingerprint density at radius 3 is 2.05 bits per heavy atom. The predicted molar refractivity (Wildman–Crippen MR) is 83.1 cm³/mol. The van der Waals surface area contributed by atoms with Crippen LogP contribution in [0.15, 0.2) is 78.9 Å². The van der Waals surface area contributed by atoms with Gasteiger partial charge in [0, 0.05) is 5.56 Å². The van der Waals surface area contributed by atoms with E-state index in [4.69, 9.17) is 4.74 Å². The van der Waals surface area contributed by atoms with Gasteiger partial charge in [0.15, 0.2) is 0 Å². The topological polar surface area (TPSA) is 9.23 Å². The van der Waals surface area contributed by atoms with Gasteiger partial charge >= 0.3 is 0 Å². The van der Waals surface area contributed by atoms with Gasteiger partial charge in [-0.3, -0.25) is 0 Å². The third kappa shape index (κ3) is 2.72. The Kier molecular flexibility index (Phi) is 3.51. The Hall–Kier alpha value is -2.54. The second kappa shape index (κ2) is 5.62. The molecule has 0 aliphatic carbocycles. The molecule has 0 fully saturated rings. The maximum absolute atomic E-state index is 6.02. The van der Waals surface area contributed by atoms with Crippen LogP contribution < -0.4 is 4.74 Å². The van der Waals surface area contributed by atoms with E-state index in [0.29, 0.717) is 0 Å². The molecule has 1 nitrogen and oxygen atoms in total. The predicted octanol–water partition coefficient (Wildman–Crippen LogP) is 5.45. The molecule has 3 aromatic rings. The number of rotatable bonds is 3. The van der Waals surface area contributed by atoms with E-state index < -0.39 is 0 Å². The van der Waals surface area contributed by atoms with E-state index >= 15 is 0 Å². The summed E-state index contributed by atoms with van der Waals surface area (Å²) in [5.41, 5.74) is 3.50. The first-order chi connectivity index (χ1) is 9.83. The van der Waals surface area contributed by atoms with Crippen molar-refractivity contribution in [1.29, 1.82) is 0 Å². The Morgan fingerprint density at radius 2 is 1.30 bits per heavy atom. The Labute approximate surface area is 119 Å². The van der Waals surface area contributed by atoms with E-state index in [-0.39, 0.29) is 0 Å². The summed E-state index contributed by atoms with van der Waals surface area (Å²) in [6, 6.07) is 26.5. The van der Waals surface area contributed by atoms with Crippen LogP contribution in [-0.2, 0) is 0 Å². The summed E-state index contributed by atoms with van der Waals surface area (Å²) in [7, 11) is 0. The molecule has 0 bridgehead atoms. The summed E-state index contributed by atoms with van der Waals surface area (Å²) in [4.78, 5) is 0. The molecule has 0 aromatic heterocycles. The van der Waals surface area contributed by atoms with Crippen molar-refractivity contribution in [1.82, 2.24) is 0 Å². The SMILES string of the molecule is Cc1ccc(Oc2ccccc2-c2ccccc2)cc1. The van der Waals surface area contributed by atoms with Crippen molar-refractivity contribution in [3.05, 3.63) is 84.4 Å². The second-order valence-corrected chi connectivity index (χ2v) is 4.78. The molecule has 3 rings (SSSR count). The molecule has 20 heavy (non-hydrogen) atoms. The summed E-state index contributed by atoms with van der Waals surface area (Å²) in [6.45, 7) is 2.07. The average Bonchev–Trinajstić information content (AvgIpc) is 2.51. The minimum atomic E-state index is 0.860. The summed E-state index contributed by atoms with van der Waals surface area (Å²) in [5, 5.41) is 0. The zero-order chi connectivity index (χ0) is 13.8. The van der Waals surface area contributed by atoms with E-state index in [1.807, 2.05) is 48.5 Å². The molecule has 0 amide bonds. The van der Waals surface area contributed by atoms with Gasteiger partial charge in [-0.2, -0.15) is 0 Å². The normalized spacial score (nSPS) is 10.2. The van der Waals surface area contributed by atoms with Crippen LogP contribution >= 0.6 is 0 Å².